The highest BCUT2D eigenvalue weighted by molar-refractivity contribution is 7.99. The second kappa shape index (κ2) is 7.26. The molecule has 2 amide bonds. The van der Waals surface area contributed by atoms with Crippen LogP contribution in [0.2, 0.25) is 0 Å². The van der Waals surface area contributed by atoms with Gasteiger partial charge in [0.2, 0.25) is 0 Å². The highest BCUT2D eigenvalue weighted by Crippen LogP contribution is 2.21. The first-order chi connectivity index (χ1) is 10.5. The predicted molar refractivity (Wildman–Crippen MR) is 82.4 cm³/mol. The molecule has 0 radical (unpaired) electrons. The predicted octanol–water partition coefficient (Wildman–Crippen LogP) is 1.32. The fourth-order valence-corrected chi connectivity index (χ4v) is 2.96. The molecule has 0 bridgehead atoms. The fourth-order valence-electron chi connectivity index (χ4n) is 1.97. The van der Waals surface area contributed by atoms with Crippen molar-refractivity contribution in [2.24, 2.45) is 0 Å². The molecule has 0 atom stereocenters. The molecule has 1 aliphatic heterocycles. The minimum atomic E-state index is -0.416. The van der Waals surface area contributed by atoms with Crippen LogP contribution < -0.4 is 10.6 Å². The van der Waals surface area contributed by atoms with Crippen LogP contribution in [0.1, 0.15) is 18.4 Å². The molecule has 2 heterocycles. The van der Waals surface area contributed by atoms with Crippen LogP contribution in [0.15, 0.2) is 22.4 Å². The second-order valence-electron chi connectivity index (χ2n) is 4.67. The molecule has 0 saturated carbocycles. The van der Waals surface area contributed by atoms with Gasteiger partial charge < -0.3 is 15.4 Å². The van der Waals surface area contributed by atoms with Gasteiger partial charge in [-0.15, -0.1) is 0 Å². The number of carbonyl (C=O) groups excluding carboxylic acids is 2. The Kier molecular flexibility index (Phi) is 5.37. The normalized spacial score (nSPS) is 14.4. The van der Waals surface area contributed by atoms with Gasteiger partial charge in [-0.25, -0.2) is 19.6 Å². The number of aryl methyl sites for hydroxylation is 2. The fraction of sp³-hybridized carbons (Fsp3) is 0.429. The van der Waals surface area contributed by atoms with Gasteiger partial charge in [0, 0.05) is 17.1 Å². The van der Waals surface area contributed by atoms with Gasteiger partial charge >= 0.3 is 12.0 Å². The maximum atomic E-state index is 11.9. The zero-order valence-electron chi connectivity index (χ0n) is 12.7. The van der Waals surface area contributed by atoms with Gasteiger partial charge in [-0.3, -0.25) is 0 Å². The van der Waals surface area contributed by atoms with Crippen molar-refractivity contribution < 1.29 is 14.3 Å². The largest absolute Gasteiger partial charge is 0.463 e. The van der Waals surface area contributed by atoms with Crippen LogP contribution in [0, 0.1) is 13.8 Å². The van der Waals surface area contributed by atoms with Gasteiger partial charge in [0.25, 0.3) is 0 Å². The zero-order chi connectivity index (χ0) is 16.1. The Balaban J connectivity index is 2.15. The zero-order valence-corrected chi connectivity index (χ0v) is 13.5. The van der Waals surface area contributed by atoms with E-state index in [-0.39, 0.29) is 12.6 Å². The molecule has 0 spiro atoms. The van der Waals surface area contributed by atoms with Crippen molar-refractivity contribution in [3.63, 3.8) is 0 Å². The third-order valence-corrected chi connectivity index (χ3v) is 3.82. The van der Waals surface area contributed by atoms with Gasteiger partial charge in [-0.2, -0.15) is 0 Å². The Bertz CT molecular complexity index is 610. The highest BCUT2D eigenvalue weighted by Gasteiger charge is 2.23. The Morgan fingerprint density at radius 1 is 1.41 bits per heavy atom. The smallest absolute Gasteiger partial charge is 0.337 e. The second-order valence-corrected chi connectivity index (χ2v) is 5.66. The maximum absolute atomic E-state index is 11.9. The molecular formula is C14H18N4O3S. The van der Waals surface area contributed by atoms with E-state index in [0.717, 1.165) is 10.7 Å². The molecule has 0 saturated heterocycles. The molecule has 118 valence electrons. The lowest BCUT2D eigenvalue weighted by molar-refractivity contribution is -0.138. The number of ether oxygens (including phenoxy) is 1. The van der Waals surface area contributed by atoms with E-state index in [4.69, 9.17) is 4.74 Å². The van der Waals surface area contributed by atoms with Crippen LogP contribution in [0.25, 0.3) is 0 Å². The lowest BCUT2D eigenvalue weighted by atomic mass is 10.2. The molecule has 0 aromatic carbocycles. The maximum Gasteiger partial charge on any atom is 0.337 e. The van der Waals surface area contributed by atoms with E-state index in [2.05, 4.69) is 20.6 Å². The number of nitrogens with zero attached hydrogens (tertiary/aromatic N) is 2. The van der Waals surface area contributed by atoms with E-state index in [1.54, 1.807) is 6.92 Å². The van der Waals surface area contributed by atoms with Crippen molar-refractivity contribution in [1.82, 2.24) is 20.6 Å². The molecule has 0 fully saturated rings. The summed E-state index contributed by atoms with van der Waals surface area (Å²) in [6, 6.07) is 1.55. The number of carbonyl (C=O) groups is 2. The first-order valence-electron chi connectivity index (χ1n) is 6.88. The number of urea groups is 1. The molecule has 22 heavy (non-hydrogen) atoms. The van der Waals surface area contributed by atoms with E-state index >= 15 is 0 Å². The number of esters is 1. The molecule has 2 rings (SSSR count). The summed E-state index contributed by atoms with van der Waals surface area (Å²) >= 11 is 1.44. The van der Waals surface area contributed by atoms with Crippen molar-refractivity contribution in [3.8, 4) is 0 Å². The number of hydrogen-bond acceptors (Lipinski definition) is 6. The van der Waals surface area contributed by atoms with Crippen LogP contribution in [0.4, 0.5) is 4.79 Å². The average molecular weight is 322 g/mol. The highest BCUT2D eigenvalue weighted by atomic mass is 32.2. The third-order valence-electron chi connectivity index (χ3n) is 2.88. The summed E-state index contributed by atoms with van der Waals surface area (Å²) in [5.74, 6) is 0.703. The molecule has 7 nitrogen and oxygen atoms in total. The molecular weight excluding hydrogens is 304 g/mol. The summed E-state index contributed by atoms with van der Waals surface area (Å²) in [6.45, 7) is 5.93. The Morgan fingerprint density at radius 3 is 2.86 bits per heavy atom. The summed E-state index contributed by atoms with van der Waals surface area (Å²) in [4.78, 5) is 32.0. The van der Waals surface area contributed by atoms with Crippen molar-refractivity contribution in [2.45, 2.75) is 25.8 Å². The van der Waals surface area contributed by atoms with E-state index in [0.29, 0.717) is 29.5 Å². The minimum Gasteiger partial charge on any atom is -0.463 e. The Morgan fingerprint density at radius 2 is 2.18 bits per heavy atom. The lowest BCUT2D eigenvalue weighted by Gasteiger charge is -2.21. The first-order valence-corrected chi connectivity index (χ1v) is 7.87. The summed E-state index contributed by atoms with van der Waals surface area (Å²) in [7, 11) is 0. The monoisotopic (exact) mass is 322 g/mol. The molecule has 1 aromatic heterocycles. The number of hydrogen-bond donors (Lipinski definition) is 2. The Hall–Kier alpha value is -2.09. The lowest BCUT2D eigenvalue weighted by Crippen LogP contribution is -2.44. The first kappa shape index (κ1) is 16.3. The van der Waals surface area contributed by atoms with Crippen LogP contribution in [-0.2, 0) is 9.53 Å². The van der Waals surface area contributed by atoms with Gasteiger partial charge in [0.1, 0.15) is 10.9 Å². The van der Waals surface area contributed by atoms with Crippen molar-refractivity contribution >= 4 is 23.8 Å². The SMILES string of the molecule is CCOC(=O)C1=C(CSc2cc(C)nc(C)n2)NC(=O)NC1. The molecule has 0 unspecified atom stereocenters. The summed E-state index contributed by atoms with van der Waals surface area (Å²) < 4.78 is 5.01. The summed E-state index contributed by atoms with van der Waals surface area (Å²) in [5.41, 5.74) is 1.88. The molecule has 8 heteroatoms. The van der Waals surface area contributed by atoms with E-state index in [1.807, 2.05) is 19.9 Å². The van der Waals surface area contributed by atoms with Gasteiger partial charge in [-0.1, -0.05) is 11.8 Å². The summed E-state index contributed by atoms with van der Waals surface area (Å²) in [5, 5.41) is 6.04. The summed E-state index contributed by atoms with van der Waals surface area (Å²) in [6.07, 6.45) is 0. The molecule has 1 aromatic rings. The average Bonchev–Trinajstić information content (AvgIpc) is 2.44. The third kappa shape index (κ3) is 4.20. The van der Waals surface area contributed by atoms with E-state index in [9.17, 15) is 9.59 Å². The molecule has 0 aliphatic carbocycles. The quantitative estimate of drug-likeness (QED) is 0.482. The van der Waals surface area contributed by atoms with Crippen molar-refractivity contribution in [3.05, 3.63) is 28.9 Å². The van der Waals surface area contributed by atoms with Gasteiger partial charge in [0.15, 0.2) is 0 Å². The number of amides is 2. The Labute approximate surface area is 132 Å². The van der Waals surface area contributed by atoms with Gasteiger partial charge in [-0.05, 0) is 26.8 Å². The van der Waals surface area contributed by atoms with Crippen LogP contribution >= 0.6 is 11.8 Å². The number of nitrogens with one attached hydrogen (secondary N) is 2. The van der Waals surface area contributed by atoms with E-state index < -0.39 is 5.97 Å². The van der Waals surface area contributed by atoms with Crippen molar-refractivity contribution in [1.29, 1.82) is 0 Å². The minimum absolute atomic E-state index is 0.169. The van der Waals surface area contributed by atoms with Crippen LogP contribution in [-0.4, -0.2) is 40.9 Å². The number of rotatable bonds is 5. The van der Waals surface area contributed by atoms with Gasteiger partial charge in [0.05, 0.1) is 18.7 Å². The van der Waals surface area contributed by atoms with Crippen LogP contribution in [0.3, 0.4) is 0 Å². The topological polar surface area (TPSA) is 93.2 Å². The standard InChI is InChI=1S/C14H18N4O3S/c1-4-21-13(19)10-6-15-14(20)18-11(10)7-22-12-5-8(2)16-9(3)17-12/h5H,4,6-7H2,1-3H3,(H2,15,18,20). The van der Waals surface area contributed by atoms with Crippen LogP contribution in [0.5, 0.6) is 0 Å². The van der Waals surface area contributed by atoms with E-state index in [1.165, 1.54) is 11.8 Å². The molecule has 2 N–H and O–H groups in total. The number of aromatic nitrogens is 2. The molecule has 1 aliphatic rings. The number of thioether (sulfide) groups is 1. The van der Waals surface area contributed by atoms with Crippen molar-refractivity contribution in [2.75, 3.05) is 18.9 Å².